The zero-order valence-electron chi connectivity index (χ0n) is 9.34. The molecule has 1 saturated heterocycles. The fraction of sp³-hybridized carbons (Fsp3) is 0.500. The minimum atomic E-state index is 0.682. The van der Waals surface area contributed by atoms with E-state index < -0.39 is 0 Å². The lowest BCUT2D eigenvalue weighted by atomic mass is 10.0. The van der Waals surface area contributed by atoms with E-state index in [9.17, 15) is 0 Å². The molecule has 0 radical (unpaired) electrons. The summed E-state index contributed by atoms with van der Waals surface area (Å²) in [7, 11) is 2.05. The number of hydrogen-bond donors (Lipinski definition) is 1. The Balaban J connectivity index is 2.08. The number of nitrogens with one attached hydrogen (secondary N) is 1. The first kappa shape index (κ1) is 12.5. The van der Waals surface area contributed by atoms with Crippen molar-refractivity contribution in [2.75, 3.05) is 25.0 Å². The summed E-state index contributed by atoms with van der Waals surface area (Å²) in [6.07, 6.45) is 2.43. The summed E-state index contributed by atoms with van der Waals surface area (Å²) in [5, 5.41) is 4.17. The number of benzene rings is 1. The first-order valence-electron chi connectivity index (χ1n) is 5.58. The zero-order chi connectivity index (χ0) is 11.5. The topological polar surface area (TPSA) is 15.3 Å². The molecule has 4 heteroatoms. The van der Waals surface area contributed by atoms with Gasteiger partial charge in [-0.1, -0.05) is 11.6 Å². The summed E-state index contributed by atoms with van der Waals surface area (Å²) >= 11 is 8.33. The molecule has 1 aromatic carbocycles. The third-order valence-corrected chi connectivity index (χ3v) is 4.25. The Morgan fingerprint density at radius 1 is 1.38 bits per heavy atom. The highest BCUT2D eigenvalue weighted by Crippen LogP contribution is 2.28. The van der Waals surface area contributed by atoms with Crippen LogP contribution in [0.15, 0.2) is 18.2 Å². The van der Waals surface area contributed by atoms with Crippen LogP contribution in [-0.2, 0) is 0 Å². The van der Waals surface area contributed by atoms with E-state index in [1.165, 1.54) is 22.1 Å². The fourth-order valence-electron chi connectivity index (χ4n) is 2.15. The fourth-order valence-corrected chi connectivity index (χ4v) is 3.36. The molecule has 1 N–H and O–H groups in total. The van der Waals surface area contributed by atoms with Crippen LogP contribution in [0, 0.1) is 3.57 Å². The molecule has 2 nitrogen and oxygen atoms in total. The van der Waals surface area contributed by atoms with Gasteiger partial charge >= 0.3 is 0 Å². The Labute approximate surface area is 115 Å². The van der Waals surface area contributed by atoms with Crippen LogP contribution >= 0.6 is 34.2 Å². The van der Waals surface area contributed by atoms with Crippen LogP contribution in [0.1, 0.15) is 12.8 Å². The molecule has 16 heavy (non-hydrogen) atoms. The van der Waals surface area contributed by atoms with Crippen LogP contribution in [-0.4, -0.2) is 26.2 Å². The second-order valence-electron chi connectivity index (χ2n) is 4.15. The van der Waals surface area contributed by atoms with Gasteiger partial charge in [0.05, 0.1) is 5.69 Å². The Kier molecular flexibility index (Phi) is 4.33. The van der Waals surface area contributed by atoms with E-state index >= 15 is 0 Å². The molecule has 0 unspecified atom stereocenters. The summed E-state index contributed by atoms with van der Waals surface area (Å²) in [5.41, 5.74) is 1.32. The van der Waals surface area contributed by atoms with E-state index in [0.717, 1.165) is 18.1 Å². The molecule has 1 aliphatic rings. The van der Waals surface area contributed by atoms with Gasteiger partial charge in [0.1, 0.15) is 0 Å². The second kappa shape index (κ2) is 5.56. The Morgan fingerprint density at radius 3 is 2.62 bits per heavy atom. The molecule has 1 aromatic rings. The van der Waals surface area contributed by atoms with Crippen LogP contribution < -0.4 is 10.2 Å². The molecule has 0 spiro atoms. The van der Waals surface area contributed by atoms with Gasteiger partial charge in [-0.15, -0.1) is 0 Å². The van der Waals surface area contributed by atoms with Crippen molar-refractivity contribution < 1.29 is 0 Å². The zero-order valence-corrected chi connectivity index (χ0v) is 12.3. The number of halogens is 2. The number of nitrogens with zero attached hydrogens (tertiary/aromatic N) is 1. The Bertz CT molecular complexity index is 362. The standard InChI is InChI=1S/C12H16ClIN2/c1-15-10-4-6-16(7-5-10)12-3-2-9(13)8-11(12)14/h2-3,8,10,15H,4-7H2,1H3. The molecule has 1 aliphatic heterocycles. The first-order valence-corrected chi connectivity index (χ1v) is 7.03. The normalized spacial score (nSPS) is 17.8. The molecular formula is C12H16ClIN2. The predicted octanol–water partition coefficient (Wildman–Crippen LogP) is 3.13. The number of hydrogen-bond acceptors (Lipinski definition) is 2. The van der Waals surface area contributed by atoms with Crippen molar-refractivity contribution in [3.05, 3.63) is 26.8 Å². The molecule has 0 bridgehead atoms. The summed E-state index contributed by atoms with van der Waals surface area (Å²) < 4.78 is 1.24. The van der Waals surface area contributed by atoms with Crippen molar-refractivity contribution in [2.24, 2.45) is 0 Å². The van der Waals surface area contributed by atoms with E-state index in [4.69, 9.17) is 11.6 Å². The van der Waals surface area contributed by atoms with E-state index in [-0.39, 0.29) is 0 Å². The van der Waals surface area contributed by atoms with Crippen LogP contribution in [0.5, 0.6) is 0 Å². The molecule has 0 aliphatic carbocycles. The highest BCUT2D eigenvalue weighted by Gasteiger charge is 2.19. The van der Waals surface area contributed by atoms with E-state index in [2.05, 4.69) is 38.9 Å². The molecule has 88 valence electrons. The number of rotatable bonds is 2. The summed E-state index contributed by atoms with van der Waals surface area (Å²) in [6, 6.07) is 6.82. The van der Waals surface area contributed by atoms with Gasteiger partial charge in [-0.25, -0.2) is 0 Å². The third kappa shape index (κ3) is 2.81. The smallest absolute Gasteiger partial charge is 0.0502 e. The summed E-state index contributed by atoms with van der Waals surface area (Å²) in [5.74, 6) is 0. The maximum Gasteiger partial charge on any atom is 0.0502 e. The number of piperidine rings is 1. The van der Waals surface area contributed by atoms with E-state index in [1.807, 2.05) is 19.2 Å². The largest absolute Gasteiger partial charge is 0.371 e. The highest BCUT2D eigenvalue weighted by atomic mass is 127. The Morgan fingerprint density at radius 2 is 2.06 bits per heavy atom. The average molecular weight is 351 g/mol. The van der Waals surface area contributed by atoms with Crippen molar-refractivity contribution in [1.82, 2.24) is 5.32 Å². The molecule has 2 rings (SSSR count). The van der Waals surface area contributed by atoms with Crippen molar-refractivity contribution >= 4 is 39.9 Å². The van der Waals surface area contributed by atoms with Crippen molar-refractivity contribution in [1.29, 1.82) is 0 Å². The average Bonchev–Trinajstić information content (AvgIpc) is 2.29. The Hall–Kier alpha value is -0.000000000000000111. The molecule has 0 atom stereocenters. The molecule has 0 aromatic heterocycles. The molecule has 0 amide bonds. The van der Waals surface area contributed by atoms with Gasteiger partial charge < -0.3 is 10.2 Å². The van der Waals surface area contributed by atoms with Crippen LogP contribution in [0.2, 0.25) is 5.02 Å². The first-order chi connectivity index (χ1) is 7.70. The monoisotopic (exact) mass is 350 g/mol. The maximum atomic E-state index is 5.97. The van der Waals surface area contributed by atoms with Crippen molar-refractivity contribution in [2.45, 2.75) is 18.9 Å². The molecule has 1 fully saturated rings. The van der Waals surface area contributed by atoms with Gasteiger partial charge in [0, 0.05) is 27.7 Å². The molecule has 0 saturated carbocycles. The van der Waals surface area contributed by atoms with Crippen molar-refractivity contribution in [3.63, 3.8) is 0 Å². The van der Waals surface area contributed by atoms with Crippen molar-refractivity contribution in [3.8, 4) is 0 Å². The van der Waals surface area contributed by atoms with E-state index in [1.54, 1.807) is 0 Å². The summed E-state index contributed by atoms with van der Waals surface area (Å²) in [4.78, 5) is 2.45. The van der Waals surface area contributed by atoms with Gasteiger partial charge in [-0.2, -0.15) is 0 Å². The lowest BCUT2D eigenvalue weighted by Crippen LogP contribution is -2.41. The summed E-state index contributed by atoms with van der Waals surface area (Å²) in [6.45, 7) is 2.26. The SMILES string of the molecule is CNC1CCN(c2ccc(Cl)cc2I)CC1. The second-order valence-corrected chi connectivity index (χ2v) is 5.74. The lowest BCUT2D eigenvalue weighted by molar-refractivity contribution is 0.442. The van der Waals surface area contributed by atoms with Gasteiger partial charge in [-0.3, -0.25) is 0 Å². The van der Waals surface area contributed by atoms with Crippen LogP contribution in [0.25, 0.3) is 0 Å². The number of anilines is 1. The van der Waals surface area contributed by atoms with Crippen LogP contribution in [0.4, 0.5) is 5.69 Å². The van der Waals surface area contributed by atoms with Crippen LogP contribution in [0.3, 0.4) is 0 Å². The minimum absolute atomic E-state index is 0.682. The lowest BCUT2D eigenvalue weighted by Gasteiger charge is -2.34. The maximum absolute atomic E-state index is 5.97. The van der Waals surface area contributed by atoms with Gasteiger partial charge in [0.15, 0.2) is 0 Å². The highest BCUT2D eigenvalue weighted by molar-refractivity contribution is 14.1. The molecule has 1 heterocycles. The van der Waals surface area contributed by atoms with Gasteiger partial charge in [0.2, 0.25) is 0 Å². The van der Waals surface area contributed by atoms with Gasteiger partial charge in [-0.05, 0) is 60.7 Å². The quantitative estimate of drug-likeness (QED) is 0.825. The third-order valence-electron chi connectivity index (χ3n) is 3.15. The molecular weight excluding hydrogens is 335 g/mol. The minimum Gasteiger partial charge on any atom is -0.371 e. The van der Waals surface area contributed by atoms with Gasteiger partial charge in [0.25, 0.3) is 0 Å². The predicted molar refractivity (Wildman–Crippen MR) is 78.5 cm³/mol. The van der Waals surface area contributed by atoms with E-state index in [0.29, 0.717) is 6.04 Å².